The molecule has 0 heterocycles. The second-order valence-corrected chi connectivity index (χ2v) is 11.3. The Balaban J connectivity index is 1.66. The monoisotopic (exact) mass is 460 g/mol. The molecule has 0 radical (unpaired) electrons. The first-order valence-corrected chi connectivity index (χ1v) is 12.7. The molecule has 3 saturated carbocycles. The van der Waals surface area contributed by atoms with E-state index < -0.39 is 23.8 Å². The minimum absolute atomic E-state index is 0.273. The Morgan fingerprint density at radius 3 is 2.76 bits per heavy atom. The first-order valence-electron chi connectivity index (χ1n) is 12.7. The predicted molar refractivity (Wildman–Crippen MR) is 130 cm³/mol. The molecule has 3 N–H and O–H groups in total. The van der Waals surface area contributed by atoms with Crippen molar-refractivity contribution in [2.45, 2.75) is 103 Å². The molecule has 0 aromatic heterocycles. The third-order valence-corrected chi connectivity index (χ3v) is 8.94. The van der Waals surface area contributed by atoms with Crippen molar-refractivity contribution in [1.82, 2.24) is 0 Å². The van der Waals surface area contributed by atoms with E-state index in [2.05, 4.69) is 32.6 Å². The molecule has 0 amide bonds. The number of carbonyl (C=O) groups excluding carboxylic acids is 1. The molecule has 0 aromatic rings. The van der Waals surface area contributed by atoms with E-state index in [0.717, 1.165) is 30.4 Å². The van der Waals surface area contributed by atoms with Crippen LogP contribution in [0.5, 0.6) is 0 Å². The number of methoxy groups -OCH3 is 1. The fourth-order valence-corrected chi connectivity index (χ4v) is 6.97. The molecule has 0 aromatic carbocycles. The summed E-state index contributed by atoms with van der Waals surface area (Å²) < 4.78 is 4.72. The number of ether oxygens (including phenoxy) is 1. The molecule has 0 bridgehead atoms. The second-order valence-electron chi connectivity index (χ2n) is 11.3. The standard InChI is InChI=1S/C28H44O5/c1-18(8-6-15-28(4,32)26(31)33-5)23-12-13-24-20(9-7-14-27(23,24)3)10-11-21-16-22(29)17-25(30)19(21)2/h10-11,18,22-25,29-30,32H,2,6-9,12-17H2,1,3-5H3/b20-10+,21-11-/t18-,22-,23-,24+,25+,27-,28?/m1/s1. The molecule has 3 aliphatic rings. The predicted octanol–water partition coefficient (Wildman–Crippen LogP) is 4.86. The highest BCUT2D eigenvalue weighted by Crippen LogP contribution is 2.60. The summed E-state index contributed by atoms with van der Waals surface area (Å²) in [6.45, 7) is 10.4. The van der Waals surface area contributed by atoms with Gasteiger partial charge < -0.3 is 20.1 Å². The summed E-state index contributed by atoms with van der Waals surface area (Å²) in [7, 11) is 1.32. The van der Waals surface area contributed by atoms with Crippen molar-refractivity contribution in [3.05, 3.63) is 35.5 Å². The van der Waals surface area contributed by atoms with Gasteiger partial charge in [0, 0.05) is 6.42 Å². The van der Waals surface area contributed by atoms with Crippen LogP contribution in [0.4, 0.5) is 0 Å². The maximum Gasteiger partial charge on any atom is 0.337 e. The first-order chi connectivity index (χ1) is 15.5. The van der Waals surface area contributed by atoms with Gasteiger partial charge in [0.05, 0.1) is 19.3 Å². The van der Waals surface area contributed by atoms with Crippen molar-refractivity contribution >= 4 is 5.97 Å². The Labute approximate surface area is 199 Å². The molecule has 186 valence electrons. The maximum absolute atomic E-state index is 11.8. The Morgan fingerprint density at radius 1 is 1.33 bits per heavy atom. The third kappa shape index (κ3) is 5.63. The fourth-order valence-electron chi connectivity index (χ4n) is 6.97. The lowest BCUT2D eigenvalue weighted by Gasteiger charge is -2.44. The zero-order valence-electron chi connectivity index (χ0n) is 21.0. The zero-order chi connectivity index (χ0) is 24.4. The Kier molecular flexibility index (Phi) is 8.29. The molecule has 3 aliphatic carbocycles. The van der Waals surface area contributed by atoms with Crippen molar-refractivity contribution in [2.75, 3.05) is 7.11 Å². The Bertz CT molecular complexity index is 794. The molecule has 1 unspecified atom stereocenters. The summed E-state index contributed by atoms with van der Waals surface area (Å²) in [5.41, 5.74) is 2.09. The van der Waals surface area contributed by atoms with Crippen LogP contribution in [-0.4, -0.2) is 46.2 Å². The van der Waals surface area contributed by atoms with Gasteiger partial charge in [0.1, 0.15) is 0 Å². The number of allylic oxidation sites excluding steroid dienone is 3. The van der Waals surface area contributed by atoms with Gasteiger partial charge in [0.15, 0.2) is 5.60 Å². The Hall–Kier alpha value is -1.43. The highest BCUT2D eigenvalue weighted by atomic mass is 16.5. The van der Waals surface area contributed by atoms with E-state index in [1.165, 1.54) is 38.4 Å². The van der Waals surface area contributed by atoms with Gasteiger partial charge in [-0.25, -0.2) is 4.79 Å². The molecule has 0 saturated heterocycles. The summed E-state index contributed by atoms with van der Waals surface area (Å²) in [6.07, 6.45) is 12.4. The topological polar surface area (TPSA) is 87.0 Å². The number of hydrogen-bond donors (Lipinski definition) is 3. The number of carbonyl (C=O) groups is 1. The van der Waals surface area contributed by atoms with Gasteiger partial charge in [-0.1, -0.05) is 44.6 Å². The number of rotatable bonds is 7. The molecule has 5 nitrogen and oxygen atoms in total. The number of fused-ring (bicyclic) bond motifs is 1. The van der Waals surface area contributed by atoms with Crippen LogP contribution >= 0.6 is 0 Å². The minimum atomic E-state index is -1.41. The molecule has 7 atom stereocenters. The average Bonchev–Trinajstić information content (AvgIpc) is 3.11. The van der Waals surface area contributed by atoms with Gasteiger partial charge in [-0.15, -0.1) is 0 Å². The van der Waals surface area contributed by atoms with E-state index in [4.69, 9.17) is 4.74 Å². The van der Waals surface area contributed by atoms with Crippen LogP contribution < -0.4 is 0 Å². The van der Waals surface area contributed by atoms with E-state index in [-0.39, 0.29) is 5.41 Å². The maximum atomic E-state index is 11.8. The van der Waals surface area contributed by atoms with Gasteiger partial charge in [-0.3, -0.25) is 0 Å². The van der Waals surface area contributed by atoms with Crippen molar-refractivity contribution in [3.8, 4) is 0 Å². The summed E-state index contributed by atoms with van der Waals surface area (Å²) in [4.78, 5) is 11.8. The molecule has 3 fully saturated rings. The molecule has 5 heteroatoms. The van der Waals surface area contributed by atoms with Gasteiger partial charge in [0.25, 0.3) is 0 Å². The number of hydrogen-bond acceptors (Lipinski definition) is 5. The normalized spacial score (nSPS) is 37.6. The molecule has 0 spiro atoms. The summed E-state index contributed by atoms with van der Waals surface area (Å²) in [5, 5.41) is 30.5. The van der Waals surface area contributed by atoms with Gasteiger partial charge in [-0.2, -0.15) is 0 Å². The van der Waals surface area contributed by atoms with E-state index in [1.54, 1.807) is 6.92 Å². The van der Waals surface area contributed by atoms with E-state index >= 15 is 0 Å². The number of aliphatic hydroxyl groups excluding tert-OH is 2. The SMILES string of the molecule is C=C1/C(=C\C=C2/CCC[C@]3(C)[C@@H]([C@H](C)CCCC(C)(O)C(=O)OC)CC[C@@H]23)C[C@@H](O)C[C@@H]1O. The quantitative estimate of drug-likeness (QED) is 0.473. The lowest BCUT2D eigenvalue weighted by atomic mass is 9.60. The number of aliphatic hydroxyl groups is 3. The van der Waals surface area contributed by atoms with Crippen molar-refractivity contribution in [1.29, 1.82) is 0 Å². The first kappa shape index (κ1) is 26.2. The van der Waals surface area contributed by atoms with Crippen LogP contribution in [0.25, 0.3) is 0 Å². The van der Waals surface area contributed by atoms with Crippen LogP contribution in [0.15, 0.2) is 35.5 Å². The van der Waals surface area contributed by atoms with E-state index in [9.17, 15) is 20.1 Å². The summed E-state index contributed by atoms with van der Waals surface area (Å²) in [5.74, 6) is 1.19. The average molecular weight is 461 g/mol. The largest absolute Gasteiger partial charge is 0.467 e. The van der Waals surface area contributed by atoms with Crippen LogP contribution in [0.2, 0.25) is 0 Å². The van der Waals surface area contributed by atoms with Crippen molar-refractivity contribution < 1.29 is 24.9 Å². The van der Waals surface area contributed by atoms with Crippen molar-refractivity contribution in [2.24, 2.45) is 23.2 Å². The summed E-state index contributed by atoms with van der Waals surface area (Å²) >= 11 is 0. The van der Waals surface area contributed by atoms with E-state index in [0.29, 0.717) is 37.0 Å². The molecule has 33 heavy (non-hydrogen) atoms. The highest BCUT2D eigenvalue weighted by molar-refractivity contribution is 5.78. The summed E-state index contributed by atoms with van der Waals surface area (Å²) in [6, 6.07) is 0. The minimum Gasteiger partial charge on any atom is -0.467 e. The van der Waals surface area contributed by atoms with Crippen LogP contribution in [-0.2, 0) is 9.53 Å². The Morgan fingerprint density at radius 2 is 2.06 bits per heavy atom. The smallest absolute Gasteiger partial charge is 0.337 e. The molecule has 0 aliphatic heterocycles. The van der Waals surface area contributed by atoms with Gasteiger partial charge in [0.2, 0.25) is 0 Å². The van der Waals surface area contributed by atoms with Crippen LogP contribution in [0, 0.1) is 23.2 Å². The molecular formula is C28H44O5. The van der Waals surface area contributed by atoms with Gasteiger partial charge >= 0.3 is 5.97 Å². The van der Waals surface area contributed by atoms with Crippen molar-refractivity contribution in [3.63, 3.8) is 0 Å². The second kappa shape index (κ2) is 10.5. The van der Waals surface area contributed by atoms with Crippen LogP contribution in [0.3, 0.4) is 0 Å². The molecular weight excluding hydrogens is 416 g/mol. The third-order valence-electron chi connectivity index (χ3n) is 8.94. The lowest BCUT2D eigenvalue weighted by Crippen LogP contribution is -2.37. The van der Waals surface area contributed by atoms with E-state index in [1.807, 2.05) is 0 Å². The highest BCUT2D eigenvalue weighted by Gasteiger charge is 2.50. The zero-order valence-corrected chi connectivity index (χ0v) is 21.0. The van der Waals surface area contributed by atoms with Crippen LogP contribution in [0.1, 0.15) is 85.0 Å². The lowest BCUT2D eigenvalue weighted by molar-refractivity contribution is -0.161. The molecule has 3 rings (SSSR count). The fraction of sp³-hybridized carbons (Fsp3) is 0.750. The van der Waals surface area contributed by atoms with Gasteiger partial charge in [-0.05, 0) is 92.6 Å². The number of esters is 1.